The number of urea groups is 1. The highest BCUT2D eigenvalue weighted by molar-refractivity contribution is 5.95. The summed E-state index contributed by atoms with van der Waals surface area (Å²) in [6.45, 7) is 8.66. The average Bonchev–Trinajstić information content (AvgIpc) is 2.62. The zero-order chi connectivity index (χ0) is 18.9. The fourth-order valence-electron chi connectivity index (χ4n) is 3.21. The molecule has 2 amide bonds. The van der Waals surface area contributed by atoms with Crippen LogP contribution in [0.5, 0.6) is 0 Å². The van der Waals surface area contributed by atoms with Gasteiger partial charge in [0.1, 0.15) is 0 Å². The Morgan fingerprint density at radius 1 is 1.12 bits per heavy atom. The standard InChI is InChI=1S/C20H29N3O3/c1-4-12-23(13-5-2)14-16-17(19(24)26-6-3)18(22-20(25)21-16)15-10-8-7-9-11-15/h7-11,18H,4-6,12-14H2,1-3H3,(H2,21,22,25). The summed E-state index contributed by atoms with van der Waals surface area (Å²) in [6.07, 6.45) is 2.02. The molecule has 0 saturated carbocycles. The molecule has 26 heavy (non-hydrogen) atoms. The summed E-state index contributed by atoms with van der Waals surface area (Å²) < 4.78 is 5.29. The number of ether oxygens (including phenoxy) is 1. The van der Waals surface area contributed by atoms with Crippen LogP contribution >= 0.6 is 0 Å². The molecule has 0 aliphatic carbocycles. The van der Waals surface area contributed by atoms with E-state index in [4.69, 9.17) is 4.74 Å². The second-order valence-corrected chi connectivity index (χ2v) is 6.33. The molecule has 0 fully saturated rings. The summed E-state index contributed by atoms with van der Waals surface area (Å²) in [5.74, 6) is -0.392. The molecule has 6 heteroatoms. The van der Waals surface area contributed by atoms with Gasteiger partial charge in [-0.3, -0.25) is 4.90 Å². The van der Waals surface area contributed by atoms with Crippen LogP contribution in [0.15, 0.2) is 41.6 Å². The van der Waals surface area contributed by atoms with E-state index in [-0.39, 0.29) is 6.03 Å². The van der Waals surface area contributed by atoms with Gasteiger partial charge in [-0.25, -0.2) is 9.59 Å². The Labute approximate surface area is 155 Å². The summed E-state index contributed by atoms with van der Waals surface area (Å²) in [6, 6.07) is 8.70. The summed E-state index contributed by atoms with van der Waals surface area (Å²) >= 11 is 0. The number of nitrogens with one attached hydrogen (secondary N) is 2. The van der Waals surface area contributed by atoms with Crippen molar-refractivity contribution in [1.82, 2.24) is 15.5 Å². The van der Waals surface area contributed by atoms with E-state index < -0.39 is 12.0 Å². The van der Waals surface area contributed by atoms with Crippen molar-refractivity contribution in [1.29, 1.82) is 0 Å². The van der Waals surface area contributed by atoms with Gasteiger partial charge < -0.3 is 15.4 Å². The van der Waals surface area contributed by atoms with E-state index in [2.05, 4.69) is 29.4 Å². The first kappa shape index (κ1) is 20.0. The van der Waals surface area contributed by atoms with E-state index in [9.17, 15) is 9.59 Å². The van der Waals surface area contributed by atoms with Crippen LogP contribution in [0.3, 0.4) is 0 Å². The van der Waals surface area contributed by atoms with Gasteiger partial charge in [-0.15, -0.1) is 0 Å². The zero-order valence-corrected chi connectivity index (χ0v) is 15.9. The van der Waals surface area contributed by atoms with Crippen LogP contribution in [0.1, 0.15) is 45.2 Å². The Morgan fingerprint density at radius 2 is 1.77 bits per heavy atom. The average molecular weight is 359 g/mol. The molecule has 1 aliphatic rings. The SMILES string of the molecule is CCCN(CCC)CC1=C(C(=O)OCC)C(c2ccccc2)NC(=O)N1. The Balaban J connectivity index is 2.43. The van der Waals surface area contributed by atoms with Crippen molar-refractivity contribution in [3.63, 3.8) is 0 Å². The third kappa shape index (κ3) is 5.08. The van der Waals surface area contributed by atoms with Crippen LogP contribution in [0.4, 0.5) is 4.79 Å². The molecular formula is C20H29N3O3. The molecule has 142 valence electrons. The zero-order valence-electron chi connectivity index (χ0n) is 15.9. The molecule has 1 aliphatic heterocycles. The number of nitrogens with zero attached hydrogens (tertiary/aromatic N) is 1. The molecule has 0 bridgehead atoms. The van der Waals surface area contributed by atoms with E-state index in [1.807, 2.05) is 30.3 Å². The van der Waals surface area contributed by atoms with E-state index >= 15 is 0 Å². The van der Waals surface area contributed by atoms with E-state index in [0.29, 0.717) is 24.4 Å². The molecule has 0 saturated heterocycles. The van der Waals surface area contributed by atoms with Crippen molar-refractivity contribution in [2.24, 2.45) is 0 Å². The van der Waals surface area contributed by atoms with E-state index in [0.717, 1.165) is 31.5 Å². The number of esters is 1. The normalized spacial score (nSPS) is 17.1. The van der Waals surface area contributed by atoms with E-state index in [1.54, 1.807) is 6.92 Å². The summed E-state index contributed by atoms with van der Waals surface area (Å²) in [5.41, 5.74) is 1.97. The molecule has 2 rings (SSSR count). The number of carbonyl (C=O) groups excluding carboxylic acids is 2. The van der Waals surface area contributed by atoms with Gasteiger partial charge in [-0.2, -0.15) is 0 Å². The molecule has 0 radical (unpaired) electrons. The topological polar surface area (TPSA) is 70.7 Å². The van der Waals surface area contributed by atoms with Crippen LogP contribution in [0.2, 0.25) is 0 Å². The monoisotopic (exact) mass is 359 g/mol. The van der Waals surface area contributed by atoms with Gasteiger partial charge in [0.15, 0.2) is 0 Å². The third-order valence-electron chi connectivity index (χ3n) is 4.24. The van der Waals surface area contributed by atoms with Crippen LogP contribution in [0, 0.1) is 0 Å². The highest BCUT2D eigenvalue weighted by atomic mass is 16.5. The fraction of sp³-hybridized carbons (Fsp3) is 0.500. The first-order valence-corrected chi connectivity index (χ1v) is 9.35. The number of carbonyl (C=O) groups is 2. The number of benzene rings is 1. The van der Waals surface area contributed by atoms with Crippen molar-refractivity contribution in [2.75, 3.05) is 26.2 Å². The van der Waals surface area contributed by atoms with Crippen LogP contribution in [-0.2, 0) is 9.53 Å². The number of rotatable bonds is 9. The number of hydrogen-bond donors (Lipinski definition) is 2. The largest absolute Gasteiger partial charge is 0.463 e. The Hall–Kier alpha value is -2.34. The second kappa shape index (κ2) is 9.97. The molecule has 1 unspecified atom stereocenters. The predicted octanol–water partition coefficient (Wildman–Crippen LogP) is 2.98. The maximum atomic E-state index is 12.7. The smallest absolute Gasteiger partial charge is 0.338 e. The van der Waals surface area contributed by atoms with Gasteiger partial charge in [-0.05, 0) is 38.4 Å². The molecule has 1 atom stereocenters. The number of amides is 2. The molecule has 2 N–H and O–H groups in total. The van der Waals surface area contributed by atoms with Gasteiger partial charge >= 0.3 is 12.0 Å². The van der Waals surface area contributed by atoms with Crippen LogP contribution < -0.4 is 10.6 Å². The lowest BCUT2D eigenvalue weighted by molar-refractivity contribution is -0.139. The van der Waals surface area contributed by atoms with E-state index in [1.165, 1.54) is 0 Å². The minimum atomic E-state index is -0.510. The minimum absolute atomic E-state index is 0.290. The van der Waals surface area contributed by atoms with Crippen LogP contribution in [0.25, 0.3) is 0 Å². The Bertz CT molecular complexity index is 637. The lowest BCUT2D eigenvalue weighted by Gasteiger charge is -2.32. The molecule has 6 nitrogen and oxygen atoms in total. The molecule has 1 aromatic rings. The quantitative estimate of drug-likeness (QED) is 0.665. The van der Waals surface area contributed by atoms with Crippen LogP contribution in [-0.4, -0.2) is 43.1 Å². The maximum Gasteiger partial charge on any atom is 0.338 e. The van der Waals surface area contributed by atoms with Crippen molar-refractivity contribution >= 4 is 12.0 Å². The minimum Gasteiger partial charge on any atom is -0.463 e. The lowest BCUT2D eigenvalue weighted by atomic mass is 9.95. The lowest BCUT2D eigenvalue weighted by Crippen LogP contribution is -2.48. The van der Waals surface area contributed by atoms with Crippen molar-refractivity contribution in [2.45, 2.75) is 39.7 Å². The van der Waals surface area contributed by atoms with Gasteiger partial charge in [0.25, 0.3) is 0 Å². The Morgan fingerprint density at radius 3 is 2.35 bits per heavy atom. The van der Waals surface area contributed by atoms with Gasteiger partial charge in [-0.1, -0.05) is 44.2 Å². The summed E-state index contributed by atoms with van der Waals surface area (Å²) in [7, 11) is 0. The fourth-order valence-corrected chi connectivity index (χ4v) is 3.21. The molecule has 1 heterocycles. The number of hydrogen-bond acceptors (Lipinski definition) is 4. The first-order valence-electron chi connectivity index (χ1n) is 9.35. The maximum absolute atomic E-state index is 12.7. The third-order valence-corrected chi connectivity index (χ3v) is 4.24. The highest BCUT2D eigenvalue weighted by Crippen LogP contribution is 2.28. The molecule has 0 aromatic heterocycles. The second-order valence-electron chi connectivity index (χ2n) is 6.33. The van der Waals surface area contributed by atoms with Gasteiger partial charge in [0, 0.05) is 12.2 Å². The van der Waals surface area contributed by atoms with Crippen molar-refractivity contribution in [3.05, 3.63) is 47.2 Å². The molecule has 0 spiro atoms. The molecular weight excluding hydrogens is 330 g/mol. The summed E-state index contributed by atoms with van der Waals surface area (Å²) in [5, 5.41) is 5.70. The predicted molar refractivity (Wildman–Crippen MR) is 102 cm³/mol. The van der Waals surface area contributed by atoms with Gasteiger partial charge in [0.2, 0.25) is 0 Å². The highest BCUT2D eigenvalue weighted by Gasteiger charge is 2.34. The Kier molecular flexibility index (Phi) is 7.66. The van der Waals surface area contributed by atoms with Crippen molar-refractivity contribution in [3.8, 4) is 0 Å². The molecule has 1 aromatic carbocycles. The van der Waals surface area contributed by atoms with Crippen molar-refractivity contribution < 1.29 is 14.3 Å². The summed E-state index contributed by atoms with van der Waals surface area (Å²) in [4.78, 5) is 27.2. The van der Waals surface area contributed by atoms with Gasteiger partial charge in [0.05, 0.1) is 18.2 Å². The first-order chi connectivity index (χ1) is 12.6.